The number of hydrogen-bond donors (Lipinski definition) is 2. The van der Waals surface area contributed by atoms with E-state index in [2.05, 4.69) is 5.32 Å². The SMILES string of the molecule is N#Cc1cccc(C(=O)Nc2cccc(C(=O)O)c2)c1. The van der Waals surface area contributed by atoms with Crippen LogP contribution < -0.4 is 5.32 Å². The molecule has 0 heterocycles. The highest BCUT2D eigenvalue weighted by Gasteiger charge is 2.08. The lowest BCUT2D eigenvalue weighted by Gasteiger charge is -2.06. The number of carbonyl (C=O) groups excluding carboxylic acids is 1. The Morgan fingerprint density at radius 2 is 1.75 bits per heavy atom. The minimum Gasteiger partial charge on any atom is -0.478 e. The highest BCUT2D eigenvalue weighted by Crippen LogP contribution is 2.13. The van der Waals surface area contributed by atoms with Gasteiger partial charge in [-0.3, -0.25) is 4.79 Å². The Morgan fingerprint density at radius 3 is 2.45 bits per heavy atom. The molecular weight excluding hydrogens is 256 g/mol. The van der Waals surface area contributed by atoms with Crippen molar-refractivity contribution in [3.05, 3.63) is 65.2 Å². The van der Waals surface area contributed by atoms with Gasteiger partial charge in [-0.25, -0.2) is 4.79 Å². The number of nitrogens with zero attached hydrogens (tertiary/aromatic N) is 1. The molecule has 0 aliphatic heterocycles. The second kappa shape index (κ2) is 5.67. The summed E-state index contributed by atoms with van der Waals surface area (Å²) in [5, 5.41) is 20.3. The monoisotopic (exact) mass is 266 g/mol. The van der Waals surface area contributed by atoms with Gasteiger partial charge in [-0.2, -0.15) is 5.26 Å². The predicted octanol–water partition coefficient (Wildman–Crippen LogP) is 2.51. The third kappa shape index (κ3) is 3.00. The second-order valence-corrected chi connectivity index (χ2v) is 4.03. The molecule has 1 amide bonds. The van der Waals surface area contributed by atoms with Crippen LogP contribution in [0.2, 0.25) is 0 Å². The van der Waals surface area contributed by atoms with E-state index in [1.807, 2.05) is 6.07 Å². The first kappa shape index (κ1) is 13.3. The fraction of sp³-hybridized carbons (Fsp3) is 0. The molecule has 20 heavy (non-hydrogen) atoms. The van der Waals surface area contributed by atoms with Crippen LogP contribution in [0.25, 0.3) is 0 Å². The summed E-state index contributed by atoms with van der Waals surface area (Å²) < 4.78 is 0. The zero-order chi connectivity index (χ0) is 14.5. The third-order valence-electron chi connectivity index (χ3n) is 2.62. The van der Waals surface area contributed by atoms with E-state index >= 15 is 0 Å². The van der Waals surface area contributed by atoms with E-state index in [0.717, 1.165) is 0 Å². The van der Waals surface area contributed by atoms with Gasteiger partial charge in [-0.05, 0) is 36.4 Å². The molecular formula is C15H10N2O3. The van der Waals surface area contributed by atoms with Crippen molar-refractivity contribution in [2.45, 2.75) is 0 Å². The van der Waals surface area contributed by atoms with Crippen LogP contribution in [0.4, 0.5) is 5.69 Å². The average molecular weight is 266 g/mol. The fourth-order valence-corrected chi connectivity index (χ4v) is 1.66. The highest BCUT2D eigenvalue weighted by molar-refractivity contribution is 6.05. The summed E-state index contributed by atoms with van der Waals surface area (Å²) in [7, 11) is 0. The maximum atomic E-state index is 12.0. The lowest BCUT2D eigenvalue weighted by Crippen LogP contribution is -2.12. The summed E-state index contributed by atoms with van der Waals surface area (Å²) in [6, 6.07) is 14.2. The van der Waals surface area contributed by atoms with Gasteiger partial charge in [0.05, 0.1) is 17.2 Å². The Bertz CT molecular complexity index is 717. The third-order valence-corrected chi connectivity index (χ3v) is 2.62. The molecule has 2 aromatic rings. The van der Waals surface area contributed by atoms with Crippen LogP contribution in [0.15, 0.2) is 48.5 Å². The number of hydrogen-bond acceptors (Lipinski definition) is 3. The van der Waals surface area contributed by atoms with Crippen LogP contribution in [0.5, 0.6) is 0 Å². The molecule has 0 saturated carbocycles. The van der Waals surface area contributed by atoms with Crippen LogP contribution in [0.3, 0.4) is 0 Å². The summed E-state index contributed by atoms with van der Waals surface area (Å²) in [6.07, 6.45) is 0. The summed E-state index contributed by atoms with van der Waals surface area (Å²) in [5.41, 5.74) is 1.20. The largest absolute Gasteiger partial charge is 0.478 e. The van der Waals surface area contributed by atoms with Crippen LogP contribution in [-0.4, -0.2) is 17.0 Å². The normalized spacial score (nSPS) is 9.55. The molecule has 0 spiro atoms. The number of rotatable bonds is 3. The van der Waals surface area contributed by atoms with Crippen molar-refractivity contribution < 1.29 is 14.7 Å². The van der Waals surface area contributed by atoms with Gasteiger partial charge >= 0.3 is 5.97 Å². The van der Waals surface area contributed by atoms with Gasteiger partial charge in [-0.1, -0.05) is 12.1 Å². The van der Waals surface area contributed by atoms with Gasteiger partial charge in [0.25, 0.3) is 5.91 Å². The van der Waals surface area contributed by atoms with E-state index in [1.54, 1.807) is 30.3 Å². The molecule has 2 aromatic carbocycles. The van der Waals surface area contributed by atoms with E-state index in [0.29, 0.717) is 16.8 Å². The summed E-state index contributed by atoms with van der Waals surface area (Å²) in [5.74, 6) is -1.46. The van der Waals surface area contributed by atoms with Crippen LogP contribution in [0.1, 0.15) is 26.3 Å². The Kier molecular flexibility index (Phi) is 3.77. The van der Waals surface area contributed by atoms with E-state index in [-0.39, 0.29) is 5.56 Å². The first-order valence-corrected chi connectivity index (χ1v) is 5.75. The van der Waals surface area contributed by atoms with Crippen molar-refractivity contribution in [2.75, 3.05) is 5.32 Å². The minimum absolute atomic E-state index is 0.0913. The molecule has 0 radical (unpaired) electrons. The topological polar surface area (TPSA) is 90.2 Å². The fourth-order valence-electron chi connectivity index (χ4n) is 1.66. The number of anilines is 1. The summed E-state index contributed by atoms with van der Waals surface area (Å²) >= 11 is 0. The molecule has 0 atom stereocenters. The highest BCUT2D eigenvalue weighted by atomic mass is 16.4. The van der Waals surface area contributed by atoms with Crippen molar-refractivity contribution in [3.63, 3.8) is 0 Å². The molecule has 0 bridgehead atoms. The standard InChI is InChI=1S/C15H10N2O3/c16-9-10-3-1-4-11(7-10)14(18)17-13-6-2-5-12(8-13)15(19)20/h1-8H,(H,17,18)(H,19,20). The molecule has 98 valence electrons. The Morgan fingerprint density at radius 1 is 1.05 bits per heavy atom. The number of aromatic carboxylic acids is 1. The minimum atomic E-state index is -1.06. The number of nitrogens with one attached hydrogen (secondary N) is 1. The van der Waals surface area contributed by atoms with Crippen molar-refractivity contribution in [1.29, 1.82) is 5.26 Å². The van der Waals surface area contributed by atoms with E-state index in [4.69, 9.17) is 10.4 Å². The van der Waals surface area contributed by atoms with Gasteiger partial charge in [0.15, 0.2) is 0 Å². The van der Waals surface area contributed by atoms with Crippen molar-refractivity contribution in [2.24, 2.45) is 0 Å². The second-order valence-electron chi connectivity index (χ2n) is 4.03. The average Bonchev–Trinajstić information content (AvgIpc) is 2.47. The molecule has 5 nitrogen and oxygen atoms in total. The lowest BCUT2D eigenvalue weighted by molar-refractivity contribution is 0.0696. The Balaban J connectivity index is 2.21. The molecule has 0 aliphatic carbocycles. The lowest BCUT2D eigenvalue weighted by atomic mass is 10.1. The van der Waals surface area contributed by atoms with Gasteiger partial charge in [-0.15, -0.1) is 0 Å². The molecule has 2 rings (SSSR count). The van der Waals surface area contributed by atoms with E-state index < -0.39 is 11.9 Å². The van der Waals surface area contributed by atoms with Gasteiger partial charge in [0.1, 0.15) is 0 Å². The number of carboxylic acid groups (broad SMARTS) is 1. The maximum Gasteiger partial charge on any atom is 0.335 e. The molecule has 5 heteroatoms. The molecule has 0 unspecified atom stereocenters. The van der Waals surface area contributed by atoms with E-state index in [1.165, 1.54) is 18.2 Å². The first-order valence-electron chi connectivity index (χ1n) is 5.75. The number of benzene rings is 2. The zero-order valence-electron chi connectivity index (χ0n) is 10.3. The van der Waals surface area contributed by atoms with Crippen molar-refractivity contribution >= 4 is 17.6 Å². The summed E-state index contributed by atoms with van der Waals surface area (Å²) in [4.78, 5) is 22.8. The van der Waals surface area contributed by atoms with Gasteiger partial charge in [0, 0.05) is 11.3 Å². The van der Waals surface area contributed by atoms with Crippen molar-refractivity contribution in [1.82, 2.24) is 0 Å². The zero-order valence-corrected chi connectivity index (χ0v) is 10.3. The molecule has 0 fully saturated rings. The Hall–Kier alpha value is -3.13. The predicted molar refractivity (Wildman–Crippen MR) is 72.5 cm³/mol. The summed E-state index contributed by atoms with van der Waals surface area (Å²) in [6.45, 7) is 0. The molecule has 0 aromatic heterocycles. The first-order chi connectivity index (χ1) is 9.60. The number of nitriles is 1. The smallest absolute Gasteiger partial charge is 0.335 e. The number of carboxylic acids is 1. The quantitative estimate of drug-likeness (QED) is 0.893. The van der Waals surface area contributed by atoms with Crippen LogP contribution in [0, 0.1) is 11.3 Å². The maximum absolute atomic E-state index is 12.0. The number of amides is 1. The van der Waals surface area contributed by atoms with Crippen molar-refractivity contribution in [3.8, 4) is 6.07 Å². The Labute approximate surface area is 115 Å². The molecule has 0 saturated heterocycles. The van der Waals surface area contributed by atoms with E-state index in [9.17, 15) is 9.59 Å². The van der Waals surface area contributed by atoms with Crippen LogP contribution >= 0.6 is 0 Å². The molecule has 2 N–H and O–H groups in total. The number of carbonyl (C=O) groups is 2. The van der Waals surface area contributed by atoms with Gasteiger partial charge in [0.2, 0.25) is 0 Å². The van der Waals surface area contributed by atoms with Gasteiger partial charge < -0.3 is 10.4 Å². The molecule has 0 aliphatic rings. The van der Waals surface area contributed by atoms with Crippen LogP contribution in [-0.2, 0) is 0 Å².